The highest BCUT2D eigenvalue weighted by Crippen LogP contribution is 2.39. The van der Waals surface area contributed by atoms with Gasteiger partial charge in [0.15, 0.2) is 11.0 Å². The van der Waals surface area contributed by atoms with Crippen LogP contribution in [-0.2, 0) is 4.74 Å². The molecule has 6 nitrogen and oxygen atoms in total. The highest BCUT2D eigenvalue weighted by molar-refractivity contribution is 6.29. The molecule has 2 saturated heterocycles. The average Bonchev–Trinajstić information content (AvgIpc) is 2.56. The van der Waals surface area contributed by atoms with E-state index in [1.807, 2.05) is 32.7 Å². The molecule has 2 bridgehead atoms. The van der Waals surface area contributed by atoms with Crippen molar-refractivity contribution in [3.8, 4) is 0 Å². The molecule has 3 heterocycles. The third kappa shape index (κ3) is 3.87. The number of amides is 1. The number of hydrogen-bond donors (Lipinski definition) is 0. The summed E-state index contributed by atoms with van der Waals surface area (Å²) in [4.78, 5) is 16.1. The second-order valence-corrected chi connectivity index (χ2v) is 8.50. The fourth-order valence-corrected chi connectivity index (χ4v) is 4.06. The molecule has 1 aromatic heterocycles. The Hall–Kier alpha value is -1.63. The molecule has 8 heteroatoms. The van der Waals surface area contributed by atoms with Gasteiger partial charge in [-0.1, -0.05) is 11.6 Å². The van der Waals surface area contributed by atoms with Gasteiger partial charge in [-0.2, -0.15) is 0 Å². The molecule has 0 saturated carbocycles. The van der Waals surface area contributed by atoms with Crippen LogP contribution in [0.3, 0.4) is 0 Å². The van der Waals surface area contributed by atoms with Gasteiger partial charge in [-0.05, 0) is 58.6 Å². The molecule has 0 aliphatic carbocycles. The lowest BCUT2D eigenvalue weighted by Gasteiger charge is -2.52. The van der Waals surface area contributed by atoms with Crippen molar-refractivity contribution in [3.63, 3.8) is 0 Å². The summed E-state index contributed by atoms with van der Waals surface area (Å²) in [6.07, 6.45) is 1.38. The normalized spacial score (nSPS) is 28.6. The van der Waals surface area contributed by atoms with Crippen molar-refractivity contribution in [1.82, 2.24) is 15.1 Å². The molecule has 2 aliphatic heterocycles. The van der Waals surface area contributed by atoms with Crippen LogP contribution in [0.1, 0.15) is 46.5 Å². The van der Waals surface area contributed by atoms with Gasteiger partial charge in [0, 0.05) is 13.1 Å². The number of piperidine rings is 2. The number of carbonyl (C=O) groups is 1. The van der Waals surface area contributed by atoms with Crippen LogP contribution in [0, 0.1) is 0 Å². The highest BCUT2D eigenvalue weighted by atomic mass is 35.5. The van der Waals surface area contributed by atoms with E-state index in [1.54, 1.807) is 17.0 Å². The summed E-state index contributed by atoms with van der Waals surface area (Å²) in [6.45, 7) is 5.48. The zero-order valence-corrected chi connectivity index (χ0v) is 16.4. The van der Waals surface area contributed by atoms with E-state index in [4.69, 9.17) is 16.3 Å². The molecule has 0 radical (unpaired) electrons. The molecule has 2 aliphatic rings. The summed E-state index contributed by atoms with van der Waals surface area (Å²) >= 11 is 5.79. The van der Waals surface area contributed by atoms with Gasteiger partial charge in [-0.25, -0.2) is 9.18 Å². The maximum atomic E-state index is 15.4. The number of nitrogens with zero attached hydrogens (tertiary/aromatic N) is 4. The van der Waals surface area contributed by atoms with Gasteiger partial charge in [0.2, 0.25) is 0 Å². The van der Waals surface area contributed by atoms with Crippen molar-refractivity contribution in [1.29, 1.82) is 0 Å². The summed E-state index contributed by atoms with van der Waals surface area (Å²) in [6, 6.07) is 2.52. The minimum Gasteiger partial charge on any atom is -0.444 e. The number of hydrogen-bond acceptors (Lipinski definition) is 5. The first-order chi connectivity index (χ1) is 12.2. The van der Waals surface area contributed by atoms with Crippen molar-refractivity contribution < 1.29 is 13.9 Å². The summed E-state index contributed by atoms with van der Waals surface area (Å²) < 4.78 is 20.9. The van der Waals surface area contributed by atoms with E-state index < -0.39 is 23.9 Å². The number of halogens is 2. The van der Waals surface area contributed by atoms with Crippen LogP contribution in [0.4, 0.5) is 15.0 Å². The first kappa shape index (κ1) is 19.1. The Bertz CT molecular complexity index is 652. The summed E-state index contributed by atoms with van der Waals surface area (Å²) in [7, 11) is 1.81. The Balaban J connectivity index is 1.79. The fraction of sp³-hybridized carbons (Fsp3) is 0.722. The van der Waals surface area contributed by atoms with E-state index in [1.165, 1.54) is 0 Å². The Labute approximate surface area is 158 Å². The molecule has 4 atom stereocenters. The fourth-order valence-electron chi connectivity index (χ4n) is 3.96. The molecule has 0 unspecified atom stereocenters. The third-order valence-corrected chi connectivity index (χ3v) is 5.32. The summed E-state index contributed by atoms with van der Waals surface area (Å²) in [5.74, 6) is 0.575. The molecule has 0 spiro atoms. The van der Waals surface area contributed by atoms with Gasteiger partial charge in [0.25, 0.3) is 0 Å². The Morgan fingerprint density at radius 3 is 2.69 bits per heavy atom. The number of aromatic nitrogens is 2. The monoisotopic (exact) mass is 384 g/mol. The van der Waals surface area contributed by atoms with Crippen molar-refractivity contribution in [2.24, 2.45) is 0 Å². The molecule has 1 amide bonds. The predicted molar refractivity (Wildman–Crippen MR) is 98.2 cm³/mol. The van der Waals surface area contributed by atoms with E-state index in [0.29, 0.717) is 23.8 Å². The number of fused-ring (bicyclic) bond motifs is 2. The second-order valence-electron chi connectivity index (χ2n) is 8.11. The van der Waals surface area contributed by atoms with Crippen molar-refractivity contribution in [2.75, 3.05) is 11.9 Å². The molecule has 3 rings (SSSR count). The first-order valence-electron chi connectivity index (χ1n) is 9.05. The molecule has 1 aromatic rings. The SMILES string of the molecule is CN(c1ccc(Cl)nn1)[C@@H]1C[C@@H]2CCC[C@H]([C@@H]1F)N2C(=O)OC(C)(C)C. The lowest BCUT2D eigenvalue weighted by atomic mass is 9.80. The number of ether oxygens (including phenoxy) is 1. The van der Waals surface area contributed by atoms with E-state index in [2.05, 4.69) is 10.2 Å². The van der Waals surface area contributed by atoms with Crippen LogP contribution >= 0.6 is 11.6 Å². The van der Waals surface area contributed by atoms with Crippen LogP contribution in [0.2, 0.25) is 5.15 Å². The van der Waals surface area contributed by atoms with Crippen molar-refractivity contribution >= 4 is 23.5 Å². The largest absolute Gasteiger partial charge is 0.444 e. The number of anilines is 1. The van der Waals surface area contributed by atoms with Crippen LogP contribution in [-0.4, -0.2) is 58.1 Å². The van der Waals surface area contributed by atoms with Crippen LogP contribution in [0.25, 0.3) is 0 Å². The zero-order chi connectivity index (χ0) is 19.1. The number of carbonyl (C=O) groups excluding carboxylic acids is 1. The predicted octanol–water partition coefficient (Wildman–Crippen LogP) is 3.83. The van der Waals surface area contributed by atoms with Gasteiger partial charge in [0.1, 0.15) is 11.8 Å². The zero-order valence-electron chi connectivity index (χ0n) is 15.7. The standard InChI is InChI=1S/C18H26ClFN4O2/c1-18(2,3)26-17(25)24-11-6-5-7-12(24)16(20)13(10-11)23(4)15-9-8-14(19)21-22-15/h8-9,11-13,16H,5-7,10H2,1-4H3/t11-,12+,13+,16-/m0/s1. The second kappa shape index (κ2) is 7.18. The number of alkyl halides is 1. The van der Waals surface area contributed by atoms with Crippen molar-refractivity contribution in [2.45, 2.75) is 76.4 Å². The molecule has 2 fully saturated rings. The minimum atomic E-state index is -1.18. The Morgan fingerprint density at radius 1 is 1.35 bits per heavy atom. The molecular weight excluding hydrogens is 359 g/mol. The number of rotatable bonds is 2. The lowest BCUT2D eigenvalue weighted by molar-refractivity contribution is -0.0467. The van der Waals surface area contributed by atoms with Gasteiger partial charge < -0.3 is 9.64 Å². The van der Waals surface area contributed by atoms with Gasteiger partial charge in [-0.3, -0.25) is 4.90 Å². The molecular formula is C18H26ClFN4O2. The van der Waals surface area contributed by atoms with E-state index in [0.717, 1.165) is 12.8 Å². The summed E-state index contributed by atoms with van der Waals surface area (Å²) in [5, 5.41) is 8.20. The topological polar surface area (TPSA) is 58.6 Å². The van der Waals surface area contributed by atoms with Gasteiger partial charge in [0.05, 0.1) is 12.1 Å². The third-order valence-electron chi connectivity index (χ3n) is 5.12. The van der Waals surface area contributed by atoms with Gasteiger partial charge >= 0.3 is 6.09 Å². The molecule has 0 N–H and O–H groups in total. The summed E-state index contributed by atoms with van der Waals surface area (Å²) in [5.41, 5.74) is -0.594. The molecule has 26 heavy (non-hydrogen) atoms. The minimum absolute atomic E-state index is 0.0247. The Kier molecular flexibility index (Phi) is 5.28. The van der Waals surface area contributed by atoms with E-state index in [-0.39, 0.29) is 12.1 Å². The highest BCUT2D eigenvalue weighted by Gasteiger charge is 2.50. The maximum Gasteiger partial charge on any atom is 0.410 e. The van der Waals surface area contributed by atoms with E-state index in [9.17, 15) is 4.79 Å². The molecule has 0 aromatic carbocycles. The van der Waals surface area contributed by atoms with Crippen LogP contribution in [0.15, 0.2) is 12.1 Å². The van der Waals surface area contributed by atoms with E-state index >= 15 is 4.39 Å². The molecule has 144 valence electrons. The van der Waals surface area contributed by atoms with Crippen LogP contribution in [0.5, 0.6) is 0 Å². The van der Waals surface area contributed by atoms with Gasteiger partial charge in [-0.15, -0.1) is 10.2 Å². The maximum absolute atomic E-state index is 15.4. The lowest BCUT2D eigenvalue weighted by Crippen LogP contribution is -2.65. The first-order valence-corrected chi connectivity index (χ1v) is 9.42. The van der Waals surface area contributed by atoms with Crippen molar-refractivity contribution in [3.05, 3.63) is 17.3 Å². The quantitative estimate of drug-likeness (QED) is 0.775. The smallest absolute Gasteiger partial charge is 0.410 e. The van der Waals surface area contributed by atoms with Crippen LogP contribution < -0.4 is 4.90 Å². The average molecular weight is 385 g/mol. The Morgan fingerprint density at radius 2 is 2.08 bits per heavy atom.